The molecule has 0 aliphatic carbocycles. The molecule has 0 saturated heterocycles. The Balaban J connectivity index is 4.39. The second kappa shape index (κ2) is 9.78. The Bertz CT molecular complexity index is 327. The van der Waals surface area contributed by atoms with Gasteiger partial charge in [0.1, 0.15) is 12.4 Å². The summed E-state index contributed by atoms with van der Waals surface area (Å²) in [5, 5.41) is 0. The smallest absolute Gasteiger partial charge is 0.119 e. The lowest BCUT2D eigenvalue weighted by atomic mass is 10.2. The van der Waals surface area contributed by atoms with E-state index < -0.39 is 0 Å². The highest BCUT2D eigenvalue weighted by Crippen LogP contribution is 2.05. The van der Waals surface area contributed by atoms with E-state index in [0.29, 0.717) is 6.61 Å². The lowest BCUT2D eigenvalue weighted by Gasteiger charge is -2.06. The first kappa shape index (κ1) is 14.2. The van der Waals surface area contributed by atoms with Crippen LogP contribution in [-0.2, 0) is 4.74 Å². The van der Waals surface area contributed by atoms with E-state index in [2.05, 4.69) is 13.2 Å². The maximum absolute atomic E-state index is 5.62. The zero-order chi connectivity index (χ0) is 12.2. The van der Waals surface area contributed by atoms with Crippen molar-refractivity contribution in [1.82, 2.24) is 0 Å². The van der Waals surface area contributed by atoms with Gasteiger partial charge in [-0.1, -0.05) is 49.6 Å². The van der Waals surface area contributed by atoms with Gasteiger partial charge < -0.3 is 4.74 Å². The van der Waals surface area contributed by atoms with Crippen LogP contribution >= 0.6 is 0 Å². The lowest BCUT2D eigenvalue weighted by molar-refractivity contribution is 0.255. The summed E-state index contributed by atoms with van der Waals surface area (Å²) in [6.07, 6.45) is 15.0. The van der Waals surface area contributed by atoms with Gasteiger partial charge in [-0.25, -0.2) is 0 Å². The average molecular weight is 216 g/mol. The first-order valence-corrected chi connectivity index (χ1v) is 5.31. The molecule has 0 rings (SSSR count). The van der Waals surface area contributed by atoms with Crippen LogP contribution in [0.15, 0.2) is 73.1 Å². The quantitative estimate of drug-likeness (QED) is 0.454. The molecule has 1 heteroatoms. The molecule has 0 fully saturated rings. The van der Waals surface area contributed by atoms with Gasteiger partial charge in [-0.3, -0.25) is 0 Å². The Morgan fingerprint density at radius 2 is 1.88 bits per heavy atom. The topological polar surface area (TPSA) is 9.23 Å². The zero-order valence-corrected chi connectivity index (χ0v) is 10.1. The number of hydrogen-bond acceptors (Lipinski definition) is 1. The first-order valence-electron chi connectivity index (χ1n) is 5.31. The van der Waals surface area contributed by atoms with Crippen molar-refractivity contribution in [2.45, 2.75) is 13.8 Å². The molecule has 0 radical (unpaired) electrons. The molecular weight excluding hydrogens is 196 g/mol. The van der Waals surface area contributed by atoms with Crippen molar-refractivity contribution in [2.75, 3.05) is 6.61 Å². The molecule has 86 valence electrons. The van der Waals surface area contributed by atoms with E-state index in [0.717, 1.165) is 11.3 Å². The molecule has 0 bridgehead atoms. The van der Waals surface area contributed by atoms with E-state index in [1.54, 1.807) is 12.2 Å². The molecule has 0 amide bonds. The van der Waals surface area contributed by atoms with Gasteiger partial charge in [-0.15, -0.1) is 0 Å². The Morgan fingerprint density at radius 3 is 2.38 bits per heavy atom. The summed E-state index contributed by atoms with van der Waals surface area (Å²) in [5.74, 6) is 0.809. The Labute approximate surface area is 98.8 Å². The molecule has 0 N–H and O–H groups in total. The normalized spacial score (nSPS) is 13.4. The van der Waals surface area contributed by atoms with Crippen LogP contribution in [0, 0.1) is 0 Å². The molecular formula is C15H20O. The summed E-state index contributed by atoms with van der Waals surface area (Å²) in [4.78, 5) is 0. The molecule has 0 heterocycles. The number of ether oxygens (including phenoxy) is 1. The Morgan fingerprint density at radius 1 is 1.12 bits per heavy atom. The second-order valence-electron chi connectivity index (χ2n) is 3.05. The number of rotatable bonds is 7. The van der Waals surface area contributed by atoms with Crippen LogP contribution in [0.3, 0.4) is 0 Å². The predicted octanol–water partition coefficient (Wildman–Crippen LogP) is 4.34. The monoisotopic (exact) mass is 216 g/mol. The van der Waals surface area contributed by atoms with E-state index in [9.17, 15) is 0 Å². The van der Waals surface area contributed by atoms with Crippen LogP contribution in [-0.4, -0.2) is 6.61 Å². The molecule has 0 aromatic heterocycles. The molecule has 1 nitrogen and oxygen atoms in total. The van der Waals surface area contributed by atoms with Crippen molar-refractivity contribution < 1.29 is 4.74 Å². The minimum absolute atomic E-state index is 0.546. The lowest BCUT2D eigenvalue weighted by Crippen LogP contribution is -1.95. The van der Waals surface area contributed by atoms with Gasteiger partial charge >= 0.3 is 0 Å². The molecule has 0 atom stereocenters. The van der Waals surface area contributed by atoms with Gasteiger partial charge in [0.25, 0.3) is 0 Å². The third-order valence-electron chi connectivity index (χ3n) is 1.84. The molecule has 0 spiro atoms. The van der Waals surface area contributed by atoms with E-state index in [-0.39, 0.29) is 0 Å². The highest BCUT2D eigenvalue weighted by atomic mass is 16.5. The fraction of sp³-hybridized carbons (Fsp3) is 0.200. The highest BCUT2D eigenvalue weighted by molar-refractivity contribution is 5.23. The van der Waals surface area contributed by atoms with E-state index >= 15 is 0 Å². The van der Waals surface area contributed by atoms with Gasteiger partial charge in [0.2, 0.25) is 0 Å². The molecule has 0 unspecified atom stereocenters. The zero-order valence-electron chi connectivity index (χ0n) is 10.1. The third kappa shape index (κ3) is 6.66. The molecule has 0 aromatic carbocycles. The largest absolute Gasteiger partial charge is 0.489 e. The molecule has 0 aliphatic heterocycles. The number of hydrogen-bond donors (Lipinski definition) is 0. The van der Waals surface area contributed by atoms with Crippen LogP contribution in [0.1, 0.15) is 13.8 Å². The van der Waals surface area contributed by atoms with E-state index in [4.69, 9.17) is 4.74 Å². The van der Waals surface area contributed by atoms with Gasteiger partial charge in [0, 0.05) is 0 Å². The van der Waals surface area contributed by atoms with Crippen molar-refractivity contribution in [3.8, 4) is 0 Å². The van der Waals surface area contributed by atoms with Crippen molar-refractivity contribution in [1.29, 1.82) is 0 Å². The maximum atomic E-state index is 5.62. The van der Waals surface area contributed by atoms with Crippen molar-refractivity contribution in [3.63, 3.8) is 0 Å². The molecule has 0 saturated carbocycles. The average Bonchev–Trinajstić information content (AvgIpc) is 2.30. The van der Waals surface area contributed by atoms with Gasteiger partial charge in [0.05, 0.1) is 0 Å². The summed E-state index contributed by atoms with van der Waals surface area (Å²) in [6.45, 7) is 11.8. The van der Waals surface area contributed by atoms with Crippen molar-refractivity contribution >= 4 is 0 Å². The van der Waals surface area contributed by atoms with E-state index in [1.165, 1.54) is 0 Å². The number of allylic oxidation sites excluding steroid dienone is 7. The van der Waals surface area contributed by atoms with Gasteiger partial charge in [-0.05, 0) is 31.6 Å². The minimum Gasteiger partial charge on any atom is -0.489 e. The van der Waals surface area contributed by atoms with Crippen LogP contribution in [0.25, 0.3) is 0 Å². The first-order chi connectivity index (χ1) is 7.78. The molecule has 0 aromatic rings. The summed E-state index contributed by atoms with van der Waals surface area (Å²) in [7, 11) is 0. The SMILES string of the molecule is C=C/C=C\C(=C/C)COC(/C=C\C)=C/C=C. The van der Waals surface area contributed by atoms with Crippen molar-refractivity contribution in [2.24, 2.45) is 0 Å². The minimum atomic E-state index is 0.546. The fourth-order valence-electron chi connectivity index (χ4n) is 1.02. The summed E-state index contributed by atoms with van der Waals surface area (Å²) in [6, 6.07) is 0. The molecule has 16 heavy (non-hydrogen) atoms. The summed E-state index contributed by atoms with van der Waals surface area (Å²) in [5.41, 5.74) is 1.11. The van der Waals surface area contributed by atoms with Crippen LogP contribution in [0.2, 0.25) is 0 Å². The predicted molar refractivity (Wildman–Crippen MR) is 72.1 cm³/mol. The van der Waals surface area contributed by atoms with Gasteiger partial charge in [0.15, 0.2) is 0 Å². The standard InChI is InChI=1S/C15H20O/c1-5-9-12-14(8-4)13-16-15(10-6-2)11-7-3/h5-12H,1-2,13H2,3-4H3/b11-7-,12-9-,14-8+,15-10+. The Hall–Kier alpha value is -1.76. The van der Waals surface area contributed by atoms with Crippen LogP contribution < -0.4 is 0 Å². The fourth-order valence-corrected chi connectivity index (χ4v) is 1.02. The van der Waals surface area contributed by atoms with Gasteiger partial charge in [-0.2, -0.15) is 0 Å². The van der Waals surface area contributed by atoms with Crippen LogP contribution in [0.5, 0.6) is 0 Å². The Kier molecular flexibility index (Phi) is 8.71. The van der Waals surface area contributed by atoms with Crippen molar-refractivity contribution in [3.05, 3.63) is 73.1 Å². The second-order valence-corrected chi connectivity index (χ2v) is 3.05. The summed E-state index contributed by atoms with van der Waals surface area (Å²) >= 11 is 0. The molecule has 0 aliphatic rings. The summed E-state index contributed by atoms with van der Waals surface area (Å²) < 4.78 is 5.62. The van der Waals surface area contributed by atoms with Crippen LogP contribution in [0.4, 0.5) is 0 Å². The highest BCUT2D eigenvalue weighted by Gasteiger charge is 1.94. The third-order valence-corrected chi connectivity index (χ3v) is 1.84. The maximum Gasteiger partial charge on any atom is 0.119 e. The van der Waals surface area contributed by atoms with E-state index in [1.807, 2.05) is 50.3 Å².